The lowest BCUT2D eigenvalue weighted by Gasteiger charge is -2.40. The summed E-state index contributed by atoms with van der Waals surface area (Å²) >= 11 is 0. The Hall–Kier alpha value is -3.08. The minimum Gasteiger partial charge on any atom is -0.481 e. The quantitative estimate of drug-likeness (QED) is 0.576. The average molecular weight is 527 g/mol. The number of piperidine rings is 1. The number of aliphatic hydroxyl groups is 2. The molecule has 0 aromatic carbocycles. The van der Waals surface area contributed by atoms with E-state index in [0.29, 0.717) is 43.7 Å². The zero-order valence-corrected chi connectivity index (χ0v) is 22.0. The maximum absolute atomic E-state index is 13.3. The van der Waals surface area contributed by atoms with Gasteiger partial charge in [0.15, 0.2) is 0 Å². The molecule has 0 saturated carbocycles. The van der Waals surface area contributed by atoms with E-state index in [1.807, 2.05) is 12.1 Å². The summed E-state index contributed by atoms with van der Waals surface area (Å²) in [5.74, 6) is -0.0706. The van der Waals surface area contributed by atoms with Gasteiger partial charge < -0.3 is 24.6 Å². The number of ether oxygens (including phenoxy) is 2. The maximum Gasteiger partial charge on any atom is 0.312 e. The molecule has 1 amide bonds. The summed E-state index contributed by atoms with van der Waals surface area (Å²) in [6, 6.07) is 7.31. The number of esters is 1. The molecule has 0 aliphatic carbocycles. The van der Waals surface area contributed by atoms with Crippen molar-refractivity contribution in [1.29, 1.82) is 0 Å². The van der Waals surface area contributed by atoms with Crippen LogP contribution in [0.25, 0.3) is 0 Å². The van der Waals surface area contributed by atoms with Gasteiger partial charge in [0, 0.05) is 44.3 Å². The van der Waals surface area contributed by atoms with Crippen LogP contribution < -0.4 is 4.74 Å². The Bertz CT molecular complexity index is 1040. The summed E-state index contributed by atoms with van der Waals surface area (Å²) in [7, 11) is 1.52. The van der Waals surface area contributed by atoms with Crippen molar-refractivity contribution in [3.05, 3.63) is 54.0 Å². The van der Waals surface area contributed by atoms with Crippen molar-refractivity contribution >= 4 is 11.9 Å². The third-order valence-electron chi connectivity index (χ3n) is 7.74. The number of cyclic esters (lactones) is 1. The predicted molar refractivity (Wildman–Crippen MR) is 139 cm³/mol. The van der Waals surface area contributed by atoms with Gasteiger partial charge in [-0.1, -0.05) is 6.42 Å². The fourth-order valence-corrected chi connectivity index (χ4v) is 5.24. The van der Waals surface area contributed by atoms with E-state index in [1.54, 1.807) is 29.4 Å². The second-order valence-electron chi connectivity index (χ2n) is 10.3. The minimum absolute atomic E-state index is 0.170. The molecule has 2 N–H and O–H groups in total. The number of carbonyl (C=O) groups excluding carboxylic acids is 2. The standard InChI is InChI=1S/C28H38N4O6/c1-37-25-5-4-22(18-30-25)26(35)32-14-3-2-9-28(27(36)38-20-24(34)23(33)8-15-32)10-16-31(17-11-28)19-21-6-12-29-13-7-21/h4-7,12-13,18,23-24,33-34H,2-3,8-11,14-17,19-20H2,1H3/t23-,24+/m0/s1. The molecular weight excluding hydrogens is 488 g/mol. The summed E-state index contributed by atoms with van der Waals surface area (Å²) in [5, 5.41) is 21.0. The molecular formula is C28H38N4O6. The number of aliphatic hydroxyl groups excluding tert-OH is 2. The number of pyridine rings is 2. The van der Waals surface area contributed by atoms with Gasteiger partial charge in [0.2, 0.25) is 5.88 Å². The van der Waals surface area contributed by atoms with Crippen LogP contribution in [-0.4, -0.2) is 94.0 Å². The van der Waals surface area contributed by atoms with Crippen LogP contribution >= 0.6 is 0 Å². The van der Waals surface area contributed by atoms with Crippen molar-refractivity contribution in [1.82, 2.24) is 19.8 Å². The summed E-state index contributed by atoms with van der Waals surface area (Å²) in [6.45, 7) is 2.81. The molecule has 2 aromatic heterocycles. The van der Waals surface area contributed by atoms with Crippen LogP contribution in [0, 0.1) is 5.41 Å². The molecule has 2 aliphatic rings. The SMILES string of the molecule is COc1ccc(C(=O)N2CCCCC3(CCN(Cc4ccncc4)CC3)C(=O)OC[C@@H](O)[C@@H](O)CC2)cn1. The van der Waals surface area contributed by atoms with Crippen LogP contribution in [0.2, 0.25) is 0 Å². The molecule has 2 aliphatic heterocycles. The molecule has 10 nitrogen and oxygen atoms in total. The lowest BCUT2D eigenvalue weighted by atomic mass is 9.74. The molecule has 4 heterocycles. The lowest BCUT2D eigenvalue weighted by Crippen LogP contribution is -2.45. The van der Waals surface area contributed by atoms with Gasteiger partial charge in [-0.05, 0) is 69.0 Å². The van der Waals surface area contributed by atoms with Gasteiger partial charge in [-0.3, -0.25) is 19.5 Å². The normalized spacial score (nSPS) is 23.6. The highest BCUT2D eigenvalue weighted by molar-refractivity contribution is 5.94. The Kier molecular flexibility index (Phi) is 9.65. The Balaban J connectivity index is 1.43. The van der Waals surface area contributed by atoms with Crippen molar-refractivity contribution in [3.8, 4) is 5.88 Å². The maximum atomic E-state index is 13.3. The topological polar surface area (TPSA) is 125 Å². The first-order chi connectivity index (χ1) is 18.4. The zero-order valence-electron chi connectivity index (χ0n) is 22.0. The number of rotatable bonds is 4. The molecule has 206 valence electrons. The van der Waals surface area contributed by atoms with Crippen LogP contribution in [0.1, 0.15) is 54.4 Å². The second kappa shape index (κ2) is 13.1. The van der Waals surface area contributed by atoms with Crippen LogP contribution in [0.15, 0.2) is 42.9 Å². The van der Waals surface area contributed by atoms with Crippen LogP contribution in [0.3, 0.4) is 0 Å². The van der Waals surface area contributed by atoms with Gasteiger partial charge in [-0.15, -0.1) is 0 Å². The number of hydrogen-bond acceptors (Lipinski definition) is 9. The molecule has 38 heavy (non-hydrogen) atoms. The smallest absolute Gasteiger partial charge is 0.312 e. The first kappa shape index (κ1) is 27.9. The molecule has 1 spiro atoms. The fourth-order valence-electron chi connectivity index (χ4n) is 5.24. The third kappa shape index (κ3) is 7.06. The number of methoxy groups -OCH3 is 1. The first-order valence-electron chi connectivity index (χ1n) is 13.3. The Labute approximate surface area is 223 Å². The summed E-state index contributed by atoms with van der Waals surface area (Å²) in [4.78, 5) is 38.7. The first-order valence-corrected chi connectivity index (χ1v) is 13.3. The molecule has 10 heteroatoms. The van der Waals surface area contributed by atoms with Gasteiger partial charge in [0.25, 0.3) is 5.91 Å². The molecule has 2 aromatic rings. The van der Waals surface area contributed by atoms with Crippen LogP contribution in [0.5, 0.6) is 5.88 Å². The van der Waals surface area contributed by atoms with E-state index >= 15 is 0 Å². The van der Waals surface area contributed by atoms with Crippen molar-refractivity contribution in [3.63, 3.8) is 0 Å². The third-order valence-corrected chi connectivity index (χ3v) is 7.74. The van der Waals surface area contributed by atoms with E-state index in [9.17, 15) is 19.8 Å². The zero-order chi connectivity index (χ0) is 27.0. The van der Waals surface area contributed by atoms with Gasteiger partial charge in [-0.2, -0.15) is 0 Å². The fraction of sp³-hybridized carbons (Fsp3) is 0.571. The van der Waals surface area contributed by atoms with Crippen molar-refractivity contribution < 1.29 is 29.3 Å². The molecule has 2 saturated heterocycles. The van der Waals surface area contributed by atoms with E-state index in [0.717, 1.165) is 26.1 Å². The van der Waals surface area contributed by atoms with Crippen molar-refractivity contribution in [2.75, 3.05) is 39.9 Å². The Morgan fingerprint density at radius 3 is 2.50 bits per heavy atom. The number of hydrogen-bond donors (Lipinski definition) is 2. The minimum atomic E-state index is -1.22. The number of amides is 1. The van der Waals surface area contributed by atoms with Gasteiger partial charge in [0.1, 0.15) is 12.7 Å². The lowest BCUT2D eigenvalue weighted by molar-refractivity contribution is -0.165. The largest absolute Gasteiger partial charge is 0.481 e. The average Bonchev–Trinajstić information content (AvgIpc) is 2.96. The highest BCUT2D eigenvalue weighted by Crippen LogP contribution is 2.38. The summed E-state index contributed by atoms with van der Waals surface area (Å²) in [6.07, 6.45) is 6.33. The molecule has 0 unspecified atom stereocenters. The molecule has 2 atom stereocenters. The van der Waals surface area contributed by atoms with E-state index < -0.39 is 17.6 Å². The number of nitrogens with zero attached hydrogens (tertiary/aromatic N) is 4. The van der Waals surface area contributed by atoms with Crippen LogP contribution in [0.4, 0.5) is 0 Å². The number of aromatic nitrogens is 2. The predicted octanol–water partition coefficient (Wildman–Crippen LogP) is 2.05. The van der Waals surface area contributed by atoms with Crippen molar-refractivity contribution in [2.24, 2.45) is 5.41 Å². The van der Waals surface area contributed by atoms with E-state index in [4.69, 9.17) is 9.47 Å². The Morgan fingerprint density at radius 1 is 1.05 bits per heavy atom. The number of likely N-dealkylation sites (tertiary alicyclic amines) is 1. The van der Waals surface area contributed by atoms with Crippen molar-refractivity contribution in [2.45, 2.75) is 57.3 Å². The summed E-state index contributed by atoms with van der Waals surface area (Å²) < 4.78 is 10.7. The molecule has 0 radical (unpaired) electrons. The molecule has 4 rings (SSSR count). The van der Waals surface area contributed by atoms with Gasteiger partial charge in [0.05, 0.1) is 24.2 Å². The number of carbonyl (C=O) groups is 2. The van der Waals surface area contributed by atoms with Crippen LogP contribution in [-0.2, 0) is 16.1 Å². The van der Waals surface area contributed by atoms with Gasteiger partial charge in [-0.25, -0.2) is 4.98 Å². The van der Waals surface area contributed by atoms with E-state index in [-0.39, 0.29) is 31.4 Å². The van der Waals surface area contributed by atoms with E-state index in [2.05, 4.69) is 14.9 Å². The Morgan fingerprint density at radius 2 is 1.82 bits per heavy atom. The highest BCUT2D eigenvalue weighted by atomic mass is 16.5. The van der Waals surface area contributed by atoms with E-state index in [1.165, 1.54) is 18.9 Å². The molecule has 2 fully saturated rings. The molecule has 0 bridgehead atoms. The monoisotopic (exact) mass is 526 g/mol. The van der Waals surface area contributed by atoms with Gasteiger partial charge >= 0.3 is 5.97 Å². The summed E-state index contributed by atoms with van der Waals surface area (Å²) in [5.41, 5.74) is 0.978. The second-order valence-corrected chi connectivity index (χ2v) is 10.3. The highest BCUT2D eigenvalue weighted by Gasteiger charge is 2.42.